The predicted octanol–water partition coefficient (Wildman–Crippen LogP) is 5.44. The molecule has 0 radical (unpaired) electrons. The highest BCUT2D eigenvalue weighted by molar-refractivity contribution is 8.00. The second-order valence-electron chi connectivity index (χ2n) is 7.80. The van der Waals surface area contributed by atoms with E-state index in [1.165, 1.54) is 31.0 Å². The fourth-order valence-electron chi connectivity index (χ4n) is 4.00. The van der Waals surface area contributed by atoms with Gasteiger partial charge in [-0.15, -0.1) is 10.2 Å². The number of nitrogens with one attached hydrogen (secondary N) is 1. The Morgan fingerprint density at radius 2 is 1.77 bits per heavy atom. The minimum Gasteiger partial charge on any atom is -0.495 e. The molecule has 31 heavy (non-hydrogen) atoms. The number of benzene rings is 2. The van der Waals surface area contributed by atoms with Gasteiger partial charge in [-0.3, -0.25) is 9.36 Å². The molecule has 1 aromatic heterocycles. The highest BCUT2D eigenvalue weighted by Crippen LogP contribution is 2.37. The molecule has 162 valence electrons. The lowest BCUT2D eigenvalue weighted by atomic mass is 9.88. The van der Waals surface area contributed by atoms with Crippen LogP contribution >= 0.6 is 11.8 Å². The molecule has 7 heteroatoms. The van der Waals surface area contributed by atoms with Crippen molar-refractivity contribution in [2.24, 2.45) is 0 Å². The van der Waals surface area contributed by atoms with E-state index in [-0.39, 0.29) is 11.2 Å². The number of para-hydroxylation sites is 3. The van der Waals surface area contributed by atoms with E-state index >= 15 is 0 Å². The van der Waals surface area contributed by atoms with Crippen LogP contribution in [0.5, 0.6) is 5.75 Å². The molecule has 1 unspecified atom stereocenters. The van der Waals surface area contributed by atoms with Gasteiger partial charge in [0.15, 0.2) is 5.16 Å². The molecular formula is C24H28N4O2S. The Kier molecular flexibility index (Phi) is 6.92. The van der Waals surface area contributed by atoms with Crippen molar-refractivity contribution in [3.63, 3.8) is 0 Å². The van der Waals surface area contributed by atoms with Gasteiger partial charge in [0.25, 0.3) is 0 Å². The summed E-state index contributed by atoms with van der Waals surface area (Å²) in [6, 6.07) is 17.4. The summed E-state index contributed by atoms with van der Waals surface area (Å²) < 4.78 is 7.72. The van der Waals surface area contributed by atoms with Crippen LogP contribution < -0.4 is 10.1 Å². The van der Waals surface area contributed by atoms with Gasteiger partial charge in [0.1, 0.15) is 11.6 Å². The zero-order valence-corrected chi connectivity index (χ0v) is 18.8. The van der Waals surface area contributed by atoms with Crippen molar-refractivity contribution < 1.29 is 9.53 Å². The smallest absolute Gasteiger partial charge is 0.237 e. The Morgan fingerprint density at radius 1 is 1.06 bits per heavy atom. The highest BCUT2D eigenvalue weighted by Gasteiger charge is 2.27. The number of rotatable bonds is 7. The van der Waals surface area contributed by atoms with E-state index in [1.54, 1.807) is 7.11 Å². The first-order chi connectivity index (χ1) is 15.2. The van der Waals surface area contributed by atoms with Crippen LogP contribution in [-0.2, 0) is 4.79 Å². The van der Waals surface area contributed by atoms with Gasteiger partial charge in [0, 0.05) is 11.6 Å². The number of aromatic nitrogens is 3. The summed E-state index contributed by atoms with van der Waals surface area (Å²) in [7, 11) is 1.67. The molecule has 1 amide bonds. The Bertz CT molecular complexity index is 1020. The van der Waals surface area contributed by atoms with Gasteiger partial charge in [0.05, 0.1) is 18.0 Å². The number of hydrogen-bond donors (Lipinski definition) is 1. The number of hydrogen-bond acceptors (Lipinski definition) is 5. The topological polar surface area (TPSA) is 69.0 Å². The third-order valence-corrected chi connectivity index (χ3v) is 6.69. The van der Waals surface area contributed by atoms with E-state index in [4.69, 9.17) is 4.74 Å². The van der Waals surface area contributed by atoms with Crippen molar-refractivity contribution in [1.82, 2.24) is 14.8 Å². The fraction of sp³-hybridized carbons (Fsp3) is 0.375. The number of methoxy groups -OCH3 is 1. The summed E-state index contributed by atoms with van der Waals surface area (Å²) in [5.41, 5.74) is 1.70. The summed E-state index contributed by atoms with van der Waals surface area (Å²) in [5, 5.41) is 12.5. The van der Waals surface area contributed by atoms with Gasteiger partial charge in [-0.1, -0.05) is 61.4 Å². The van der Waals surface area contributed by atoms with Crippen LogP contribution in [-0.4, -0.2) is 33.0 Å². The lowest BCUT2D eigenvalue weighted by molar-refractivity contribution is -0.115. The number of carbonyl (C=O) groups excluding carboxylic acids is 1. The summed E-state index contributed by atoms with van der Waals surface area (Å²) in [5.74, 6) is 2.03. The van der Waals surface area contributed by atoms with E-state index < -0.39 is 0 Å². The van der Waals surface area contributed by atoms with Crippen molar-refractivity contribution in [2.45, 2.75) is 55.4 Å². The molecule has 2 aromatic carbocycles. The molecule has 0 saturated heterocycles. The average Bonchev–Trinajstić information content (AvgIpc) is 3.23. The quantitative estimate of drug-likeness (QED) is 0.499. The lowest BCUT2D eigenvalue weighted by Crippen LogP contribution is -2.23. The first-order valence-corrected chi connectivity index (χ1v) is 11.7. The molecule has 1 heterocycles. The molecule has 1 N–H and O–H groups in total. The van der Waals surface area contributed by atoms with Crippen molar-refractivity contribution in [1.29, 1.82) is 0 Å². The summed E-state index contributed by atoms with van der Waals surface area (Å²) in [6.07, 6.45) is 5.92. The Labute approximate surface area is 187 Å². The number of amides is 1. The normalized spacial score (nSPS) is 15.4. The summed E-state index contributed by atoms with van der Waals surface area (Å²) in [6.45, 7) is 1.89. The van der Waals surface area contributed by atoms with E-state index in [0.29, 0.717) is 11.1 Å². The van der Waals surface area contributed by atoms with Crippen LogP contribution in [0.25, 0.3) is 5.69 Å². The molecule has 1 fully saturated rings. The maximum absolute atomic E-state index is 12.8. The maximum Gasteiger partial charge on any atom is 0.237 e. The van der Waals surface area contributed by atoms with Crippen LogP contribution in [0, 0.1) is 0 Å². The Morgan fingerprint density at radius 3 is 2.52 bits per heavy atom. The molecule has 1 atom stereocenters. The lowest BCUT2D eigenvalue weighted by Gasteiger charge is -2.23. The third kappa shape index (κ3) is 4.93. The monoisotopic (exact) mass is 436 g/mol. The maximum atomic E-state index is 12.8. The SMILES string of the molecule is COc1ccccc1-n1c(SC(C)C(=O)Nc2ccccc2)nnc1C1CCCCC1. The van der Waals surface area contributed by atoms with Gasteiger partial charge in [-0.2, -0.15) is 0 Å². The van der Waals surface area contributed by atoms with E-state index in [9.17, 15) is 4.79 Å². The van der Waals surface area contributed by atoms with E-state index in [1.807, 2.05) is 61.5 Å². The molecule has 3 aromatic rings. The minimum atomic E-state index is -0.336. The number of nitrogens with zero attached hydrogens (tertiary/aromatic N) is 3. The second-order valence-corrected chi connectivity index (χ2v) is 9.11. The zero-order chi connectivity index (χ0) is 21.6. The van der Waals surface area contributed by atoms with Crippen LogP contribution in [0.2, 0.25) is 0 Å². The number of thioether (sulfide) groups is 1. The minimum absolute atomic E-state index is 0.0648. The molecule has 0 bridgehead atoms. The van der Waals surface area contributed by atoms with Gasteiger partial charge < -0.3 is 10.1 Å². The van der Waals surface area contributed by atoms with Crippen molar-refractivity contribution in [3.8, 4) is 11.4 Å². The Balaban J connectivity index is 1.64. The average molecular weight is 437 g/mol. The third-order valence-electron chi connectivity index (χ3n) is 5.65. The largest absolute Gasteiger partial charge is 0.495 e. The van der Waals surface area contributed by atoms with Crippen LogP contribution in [0.3, 0.4) is 0 Å². The Hall–Kier alpha value is -2.80. The van der Waals surface area contributed by atoms with Gasteiger partial charge in [0.2, 0.25) is 5.91 Å². The van der Waals surface area contributed by atoms with E-state index in [2.05, 4.69) is 20.1 Å². The molecule has 0 aliphatic heterocycles. The molecule has 1 aliphatic carbocycles. The first-order valence-electron chi connectivity index (χ1n) is 10.8. The van der Waals surface area contributed by atoms with Gasteiger partial charge in [-0.25, -0.2) is 0 Å². The van der Waals surface area contributed by atoms with E-state index in [0.717, 1.165) is 35.8 Å². The predicted molar refractivity (Wildman–Crippen MR) is 124 cm³/mol. The molecule has 1 saturated carbocycles. The van der Waals surface area contributed by atoms with Crippen molar-refractivity contribution >= 4 is 23.4 Å². The molecular weight excluding hydrogens is 408 g/mol. The number of carbonyl (C=O) groups is 1. The first kappa shape index (κ1) is 21.4. The fourth-order valence-corrected chi connectivity index (χ4v) is 4.87. The van der Waals surface area contributed by atoms with Gasteiger partial charge >= 0.3 is 0 Å². The summed E-state index contributed by atoms with van der Waals surface area (Å²) >= 11 is 1.42. The summed E-state index contributed by atoms with van der Waals surface area (Å²) in [4.78, 5) is 12.8. The molecule has 6 nitrogen and oxygen atoms in total. The number of ether oxygens (including phenoxy) is 1. The second kappa shape index (κ2) is 10.0. The van der Waals surface area contributed by atoms with Crippen LogP contribution in [0.15, 0.2) is 59.8 Å². The zero-order valence-electron chi connectivity index (χ0n) is 18.0. The van der Waals surface area contributed by atoms with Crippen LogP contribution in [0.4, 0.5) is 5.69 Å². The molecule has 4 rings (SSSR count). The van der Waals surface area contributed by atoms with Crippen molar-refractivity contribution in [2.75, 3.05) is 12.4 Å². The van der Waals surface area contributed by atoms with Crippen LogP contribution in [0.1, 0.15) is 50.8 Å². The molecule has 0 spiro atoms. The molecule has 1 aliphatic rings. The highest BCUT2D eigenvalue weighted by atomic mass is 32.2. The number of anilines is 1. The standard InChI is InChI=1S/C24H28N4O2S/c1-17(23(29)25-19-13-7-4-8-14-19)31-24-27-26-22(18-11-5-3-6-12-18)28(24)20-15-9-10-16-21(20)30-2/h4,7-10,13-18H,3,5-6,11-12H2,1-2H3,(H,25,29). The van der Waals surface area contributed by atoms with Crippen molar-refractivity contribution in [3.05, 3.63) is 60.4 Å². The van der Waals surface area contributed by atoms with Gasteiger partial charge in [-0.05, 0) is 44.0 Å².